The molecular weight excluding hydrogens is 256 g/mol. The maximum absolute atomic E-state index is 3.67. The van der Waals surface area contributed by atoms with Gasteiger partial charge in [0.1, 0.15) is 0 Å². The van der Waals surface area contributed by atoms with E-state index in [2.05, 4.69) is 62.2 Å². The number of nitrogens with zero attached hydrogens (tertiary/aromatic N) is 1. The predicted molar refractivity (Wildman–Crippen MR) is 91.6 cm³/mol. The SMILES string of the molecule is CCCNC(C)C(C)(C)CN1CCCc2ccccc2C1. The second kappa shape index (κ2) is 7.42. The Morgan fingerprint density at radius 2 is 1.95 bits per heavy atom. The second-order valence-electron chi connectivity index (χ2n) is 7.25. The summed E-state index contributed by atoms with van der Waals surface area (Å²) in [5, 5.41) is 3.67. The average Bonchev–Trinajstić information content (AvgIpc) is 2.65. The second-order valence-corrected chi connectivity index (χ2v) is 7.25. The molecule has 0 spiro atoms. The number of rotatable bonds is 6. The molecule has 1 unspecified atom stereocenters. The fourth-order valence-corrected chi connectivity index (χ4v) is 3.25. The van der Waals surface area contributed by atoms with Crippen molar-refractivity contribution < 1.29 is 0 Å². The minimum Gasteiger partial charge on any atom is -0.314 e. The van der Waals surface area contributed by atoms with E-state index in [1.54, 1.807) is 5.56 Å². The Hall–Kier alpha value is -0.860. The molecule has 2 nitrogen and oxygen atoms in total. The van der Waals surface area contributed by atoms with Gasteiger partial charge >= 0.3 is 0 Å². The van der Waals surface area contributed by atoms with E-state index < -0.39 is 0 Å². The number of fused-ring (bicyclic) bond motifs is 1. The van der Waals surface area contributed by atoms with Gasteiger partial charge in [-0.1, -0.05) is 45.0 Å². The van der Waals surface area contributed by atoms with Crippen LogP contribution >= 0.6 is 0 Å². The van der Waals surface area contributed by atoms with E-state index in [1.807, 2.05) is 0 Å². The van der Waals surface area contributed by atoms with Gasteiger partial charge in [-0.2, -0.15) is 0 Å². The van der Waals surface area contributed by atoms with Crippen LogP contribution in [0.25, 0.3) is 0 Å². The van der Waals surface area contributed by atoms with Crippen LogP contribution in [-0.4, -0.2) is 30.6 Å². The number of nitrogens with one attached hydrogen (secondary N) is 1. The molecule has 0 fully saturated rings. The monoisotopic (exact) mass is 288 g/mol. The van der Waals surface area contributed by atoms with Crippen molar-refractivity contribution >= 4 is 0 Å². The molecule has 21 heavy (non-hydrogen) atoms. The van der Waals surface area contributed by atoms with Gasteiger partial charge in [0.15, 0.2) is 0 Å². The third-order valence-electron chi connectivity index (χ3n) is 4.94. The van der Waals surface area contributed by atoms with Gasteiger partial charge < -0.3 is 5.32 Å². The first-order chi connectivity index (χ1) is 10.0. The van der Waals surface area contributed by atoms with Crippen molar-refractivity contribution in [2.45, 2.75) is 59.5 Å². The normalized spacial score (nSPS) is 18.1. The largest absolute Gasteiger partial charge is 0.314 e. The molecule has 2 heteroatoms. The molecule has 0 radical (unpaired) electrons. The highest BCUT2D eigenvalue weighted by atomic mass is 15.1. The zero-order valence-corrected chi connectivity index (χ0v) is 14.3. The van der Waals surface area contributed by atoms with Crippen LogP contribution in [0.1, 0.15) is 51.7 Å². The molecule has 118 valence electrons. The van der Waals surface area contributed by atoms with Gasteiger partial charge in [0.25, 0.3) is 0 Å². The van der Waals surface area contributed by atoms with Gasteiger partial charge in [-0.05, 0) is 55.8 Å². The van der Waals surface area contributed by atoms with E-state index in [1.165, 1.54) is 37.9 Å². The van der Waals surface area contributed by atoms with Crippen molar-refractivity contribution in [2.24, 2.45) is 5.41 Å². The maximum Gasteiger partial charge on any atom is 0.0236 e. The minimum atomic E-state index is 0.300. The molecule has 0 aromatic heterocycles. The van der Waals surface area contributed by atoms with Gasteiger partial charge in [0.2, 0.25) is 0 Å². The third-order valence-corrected chi connectivity index (χ3v) is 4.94. The molecule has 0 saturated heterocycles. The molecular formula is C19H32N2. The van der Waals surface area contributed by atoms with Crippen molar-refractivity contribution in [3.63, 3.8) is 0 Å². The topological polar surface area (TPSA) is 15.3 Å². The third kappa shape index (κ3) is 4.55. The molecule has 0 saturated carbocycles. The van der Waals surface area contributed by atoms with Crippen LogP contribution < -0.4 is 5.32 Å². The van der Waals surface area contributed by atoms with Crippen molar-refractivity contribution in [1.29, 1.82) is 0 Å². The van der Waals surface area contributed by atoms with Gasteiger partial charge in [0.05, 0.1) is 0 Å². The first-order valence-corrected chi connectivity index (χ1v) is 8.55. The van der Waals surface area contributed by atoms with Crippen LogP contribution in [0.4, 0.5) is 0 Å². The van der Waals surface area contributed by atoms with Gasteiger partial charge in [-0.3, -0.25) is 4.90 Å². The standard InChI is InChI=1S/C19H32N2/c1-5-12-20-16(2)19(3,4)15-21-13-8-11-17-9-6-7-10-18(17)14-21/h6-7,9-10,16,20H,5,8,11-15H2,1-4H3. The number of hydrogen-bond donors (Lipinski definition) is 1. The van der Waals surface area contributed by atoms with Crippen molar-refractivity contribution in [1.82, 2.24) is 10.2 Å². The molecule has 1 N–H and O–H groups in total. The highest BCUT2D eigenvalue weighted by Gasteiger charge is 2.28. The lowest BCUT2D eigenvalue weighted by Gasteiger charge is -2.37. The van der Waals surface area contributed by atoms with Crippen molar-refractivity contribution in [3.8, 4) is 0 Å². The molecule has 2 rings (SSSR count). The summed E-state index contributed by atoms with van der Waals surface area (Å²) in [7, 11) is 0. The fraction of sp³-hybridized carbons (Fsp3) is 0.684. The van der Waals surface area contributed by atoms with E-state index in [9.17, 15) is 0 Å². The molecule has 1 heterocycles. The van der Waals surface area contributed by atoms with Gasteiger partial charge in [0, 0.05) is 19.1 Å². The number of benzene rings is 1. The van der Waals surface area contributed by atoms with Crippen LogP contribution in [0, 0.1) is 5.41 Å². The molecule has 1 aliphatic heterocycles. The highest BCUT2D eigenvalue weighted by Crippen LogP contribution is 2.26. The van der Waals surface area contributed by atoms with Crippen LogP contribution in [0.2, 0.25) is 0 Å². The Bertz CT molecular complexity index is 439. The summed E-state index contributed by atoms with van der Waals surface area (Å²) in [5.41, 5.74) is 3.38. The van der Waals surface area contributed by atoms with Crippen molar-refractivity contribution in [3.05, 3.63) is 35.4 Å². The molecule has 0 aliphatic carbocycles. The van der Waals surface area contributed by atoms with Gasteiger partial charge in [-0.25, -0.2) is 0 Å². The molecule has 1 atom stereocenters. The Kier molecular flexibility index (Phi) is 5.83. The van der Waals surface area contributed by atoms with Crippen molar-refractivity contribution in [2.75, 3.05) is 19.6 Å². The zero-order chi connectivity index (χ0) is 15.3. The Morgan fingerprint density at radius 1 is 1.24 bits per heavy atom. The van der Waals surface area contributed by atoms with E-state index in [-0.39, 0.29) is 0 Å². The Balaban J connectivity index is 1.99. The molecule has 0 amide bonds. The number of hydrogen-bond acceptors (Lipinski definition) is 2. The van der Waals surface area contributed by atoms with Crippen LogP contribution in [0.15, 0.2) is 24.3 Å². The molecule has 1 aromatic carbocycles. The van der Waals surface area contributed by atoms with Crippen LogP contribution in [0.3, 0.4) is 0 Å². The summed E-state index contributed by atoms with van der Waals surface area (Å²) >= 11 is 0. The smallest absolute Gasteiger partial charge is 0.0236 e. The summed E-state index contributed by atoms with van der Waals surface area (Å²) in [6.07, 6.45) is 3.72. The average molecular weight is 288 g/mol. The van der Waals surface area contributed by atoms with Crippen LogP contribution in [0.5, 0.6) is 0 Å². The zero-order valence-electron chi connectivity index (χ0n) is 14.3. The quantitative estimate of drug-likeness (QED) is 0.855. The molecule has 0 bridgehead atoms. The summed E-state index contributed by atoms with van der Waals surface area (Å²) in [4.78, 5) is 2.65. The van der Waals surface area contributed by atoms with Crippen LogP contribution in [-0.2, 0) is 13.0 Å². The van der Waals surface area contributed by atoms with E-state index in [0.29, 0.717) is 11.5 Å². The van der Waals surface area contributed by atoms with E-state index in [0.717, 1.165) is 13.1 Å². The highest BCUT2D eigenvalue weighted by molar-refractivity contribution is 5.28. The van der Waals surface area contributed by atoms with E-state index in [4.69, 9.17) is 0 Å². The first-order valence-electron chi connectivity index (χ1n) is 8.55. The number of aryl methyl sites for hydroxylation is 1. The fourth-order valence-electron chi connectivity index (χ4n) is 3.25. The minimum absolute atomic E-state index is 0.300. The Morgan fingerprint density at radius 3 is 2.67 bits per heavy atom. The lowest BCUT2D eigenvalue weighted by molar-refractivity contribution is 0.138. The van der Waals surface area contributed by atoms with Gasteiger partial charge in [-0.15, -0.1) is 0 Å². The first kappa shape index (κ1) is 16.5. The maximum atomic E-state index is 3.67. The summed E-state index contributed by atoms with van der Waals surface area (Å²) in [6, 6.07) is 9.51. The Labute approximate surface area is 130 Å². The summed E-state index contributed by atoms with van der Waals surface area (Å²) in [6.45, 7) is 14.0. The molecule has 1 aliphatic rings. The predicted octanol–water partition coefficient (Wildman–Crippen LogP) is 3.85. The lowest BCUT2D eigenvalue weighted by atomic mass is 9.84. The summed E-state index contributed by atoms with van der Waals surface area (Å²) in [5.74, 6) is 0. The molecule has 1 aromatic rings. The van der Waals surface area contributed by atoms with E-state index >= 15 is 0 Å². The summed E-state index contributed by atoms with van der Waals surface area (Å²) < 4.78 is 0. The lowest BCUT2D eigenvalue weighted by Crippen LogP contribution is -2.46.